The molecule has 7 heteroatoms. The van der Waals surface area contributed by atoms with Gasteiger partial charge in [0, 0.05) is 16.0 Å². The Kier molecular flexibility index (Phi) is 8.23. The quantitative estimate of drug-likeness (QED) is 0.301. The van der Waals surface area contributed by atoms with Crippen LogP contribution in [0.2, 0.25) is 0 Å². The van der Waals surface area contributed by atoms with Gasteiger partial charge in [0.15, 0.2) is 0 Å². The number of benzene rings is 3. The predicted molar refractivity (Wildman–Crippen MR) is 138 cm³/mol. The van der Waals surface area contributed by atoms with E-state index in [2.05, 4.69) is 41.4 Å². The minimum absolute atomic E-state index is 0.188. The Morgan fingerprint density at radius 3 is 2.40 bits per heavy atom. The average Bonchev–Trinajstić information content (AvgIpc) is 3.35. The van der Waals surface area contributed by atoms with Crippen LogP contribution in [0.3, 0.4) is 0 Å². The van der Waals surface area contributed by atoms with Gasteiger partial charge in [0.1, 0.15) is 18.1 Å². The Bertz CT molecular complexity index is 1240. The summed E-state index contributed by atoms with van der Waals surface area (Å²) >= 11 is 1.73. The van der Waals surface area contributed by atoms with E-state index in [0.717, 1.165) is 16.9 Å². The topological polar surface area (TPSA) is 90.4 Å². The number of nitrogens with zero attached hydrogens (tertiary/aromatic N) is 2. The summed E-state index contributed by atoms with van der Waals surface area (Å²) in [5, 5.41) is 10.3. The summed E-state index contributed by atoms with van der Waals surface area (Å²) in [4.78, 5) is 17.8. The van der Waals surface area contributed by atoms with Gasteiger partial charge in [-0.05, 0) is 61.2 Å². The third-order valence-electron chi connectivity index (χ3n) is 5.77. The molecule has 0 radical (unpaired) electrons. The third kappa shape index (κ3) is 6.74. The number of aromatic nitrogens is 2. The Hall–Kier alpha value is -3.55. The maximum Gasteiger partial charge on any atom is 0.268 e. The van der Waals surface area contributed by atoms with Crippen molar-refractivity contribution in [2.75, 3.05) is 0 Å². The van der Waals surface area contributed by atoms with Crippen LogP contribution in [0.15, 0.2) is 101 Å². The van der Waals surface area contributed by atoms with E-state index in [9.17, 15) is 9.90 Å². The highest BCUT2D eigenvalue weighted by molar-refractivity contribution is 7.99. The number of carbonyl (C=O) groups is 1. The fraction of sp³-hybridized carbons (Fsp3) is 0.214. The molecular weight excluding hydrogens is 458 g/mol. The summed E-state index contributed by atoms with van der Waals surface area (Å²) in [5.41, 5.74) is 7.66. The average molecular weight is 488 g/mol. The second-order valence-corrected chi connectivity index (χ2v) is 9.52. The number of primary amides is 1. The van der Waals surface area contributed by atoms with Crippen molar-refractivity contribution in [3.8, 4) is 5.75 Å². The van der Waals surface area contributed by atoms with Crippen LogP contribution in [0.1, 0.15) is 41.0 Å². The van der Waals surface area contributed by atoms with Gasteiger partial charge in [0.25, 0.3) is 5.91 Å². The molecule has 35 heavy (non-hydrogen) atoms. The molecule has 0 spiro atoms. The van der Waals surface area contributed by atoms with E-state index in [1.54, 1.807) is 35.8 Å². The highest BCUT2D eigenvalue weighted by Crippen LogP contribution is 2.28. The Morgan fingerprint density at radius 2 is 1.71 bits per heavy atom. The summed E-state index contributed by atoms with van der Waals surface area (Å²) < 4.78 is 7.92. The van der Waals surface area contributed by atoms with Crippen LogP contribution in [0.5, 0.6) is 5.75 Å². The highest BCUT2D eigenvalue weighted by atomic mass is 32.2. The molecule has 0 saturated heterocycles. The molecule has 0 saturated carbocycles. The van der Waals surface area contributed by atoms with Gasteiger partial charge in [0.05, 0.1) is 18.5 Å². The number of ether oxygens (including phenoxy) is 1. The van der Waals surface area contributed by atoms with Crippen LogP contribution < -0.4 is 10.5 Å². The number of imidazole rings is 1. The number of carbonyl (C=O) groups excluding carboxylic acids is 1. The molecule has 0 aliphatic rings. The monoisotopic (exact) mass is 487 g/mol. The molecule has 0 unspecified atom stereocenters. The van der Waals surface area contributed by atoms with Crippen molar-refractivity contribution >= 4 is 17.7 Å². The van der Waals surface area contributed by atoms with E-state index < -0.39 is 12.0 Å². The van der Waals surface area contributed by atoms with Crippen molar-refractivity contribution in [2.24, 2.45) is 5.73 Å². The molecule has 4 rings (SSSR count). The lowest BCUT2D eigenvalue weighted by molar-refractivity contribution is 0.0994. The lowest BCUT2D eigenvalue weighted by Gasteiger charge is -2.22. The zero-order valence-electron chi connectivity index (χ0n) is 19.6. The molecule has 1 aromatic heterocycles. The number of amides is 1. The predicted octanol–water partition coefficient (Wildman–Crippen LogP) is 5.27. The Balaban J connectivity index is 1.37. The van der Waals surface area contributed by atoms with Gasteiger partial charge >= 0.3 is 0 Å². The van der Waals surface area contributed by atoms with Gasteiger partial charge in [-0.15, -0.1) is 0 Å². The van der Waals surface area contributed by atoms with Crippen LogP contribution in [0.25, 0.3) is 0 Å². The SMILES string of the molecule is C[C@H](O)[C@@H](CCc1ccccc1OCc1ccc(Sc2ccccc2)cc1)n1cnc(C(N)=O)c1. The van der Waals surface area contributed by atoms with Crippen molar-refractivity contribution in [2.45, 2.75) is 48.3 Å². The van der Waals surface area contributed by atoms with Crippen LogP contribution in [-0.2, 0) is 13.0 Å². The lowest BCUT2D eigenvalue weighted by atomic mass is 10.0. The van der Waals surface area contributed by atoms with Crippen molar-refractivity contribution in [1.29, 1.82) is 0 Å². The van der Waals surface area contributed by atoms with Gasteiger partial charge in [-0.3, -0.25) is 4.79 Å². The molecule has 6 nitrogen and oxygen atoms in total. The molecule has 0 bridgehead atoms. The van der Waals surface area contributed by atoms with Crippen molar-refractivity contribution in [3.05, 3.63) is 108 Å². The zero-order valence-corrected chi connectivity index (χ0v) is 20.4. The molecule has 3 N–H and O–H groups in total. The summed E-state index contributed by atoms with van der Waals surface area (Å²) in [6.45, 7) is 2.20. The molecular formula is C28H29N3O3S. The molecule has 180 valence electrons. The number of para-hydroxylation sites is 1. The van der Waals surface area contributed by atoms with Crippen LogP contribution >= 0.6 is 11.8 Å². The number of rotatable bonds is 11. The second kappa shape index (κ2) is 11.7. The zero-order chi connectivity index (χ0) is 24.6. The van der Waals surface area contributed by atoms with Crippen molar-refractivity contribution in [1.82, 2.24) is 9.55 Å². The van der Waals surface area contributed by atoms with E-state index in [-0.39, 0.29) is 11.7 Å². The first kappa shape index (κ1) is 24.6. The minimum Gasteiger partial charge on any atom is -0.489 e. The molecule has 0 fully saturated rings. The van der Waals surface area contributed by atoms with E-state index in [1.165, 1.54) is 9.79 Å². The fourth-order valence-corrected chi connectivity index (χ4v) is 4.72. The lowest BCUT2D eigenvalue weighted by Crippen LogP contribution is -2.21. The number of aliphatic hydroxyl groups excluding tert-OH is 1. The normalized spacial score (nSPS) is 12.7. The van der Waals surface area contributed by atoms with Gasteiger partial charge in [-0.25, -0.2) is 4.98 Å². The standard InChI is InChI=1S/C28H29N3O3S/c1-20(32)26(31-17-25(28(29)33)30-19-31)16-13-22-7-5-6-10-27(22)34-18-21-11-14-24(15-12-21)35-23-8-3-2-4-9-23/h2-12,14-15,17,19-20,26,32H,13,16,18H2,1H3,(H2,29,33)/t20-,26+/m0/s1. The van der Waals surface area contributed by atoms with E-state index in [4.69, 9.17) is 10.5 Å². The number of nitrogens with two attached hydrogens (primary N) is 1. The largest absolute Gasteiger partial charge is 0.489 e. The van der Waals surface area contributed by atoms with Crippen LogP contribution in [0, 0.1) is 0 Å². The number of hydrogen-bond acceptors (Lipinski definition) is 5. The molecule has 1 amide bonds. The van der Waals surface area contributed by atoms with Gasteiger partial charge < -0.3 is 20.1 Å². The van der Waals surface area contributed by atoms with Gasteiger partial charge in [-0.1, -0.05) is 60.3 Å². The molecule has 4 aromatic rings. The first-order valence-electron chi connectivity index (χ1n) is 11.5. The number of aryl methyl sites for hydroxylation is 1. The van der Waals surface area contributed by atoms with Gasteiger partial charge in [0.2, 0.25) is 0 Å². The molecule has 0 aliphatic heterocycles. The number of hydrogen-bond donors (Lipinski definition) is 2. The molecule has 3 aromatic carbocycles. The summed E-state index contributed by atoms with van der Waals surface area (Å²) in [6.07, 6.45) is 3.85. The van der Waals surface area contributed by atoms with E-state index in [0.29, 0.717) is 19.4 Å². The first-order valence-corrected chi connectivity index (χ1v) is 12.3. The highest BCUT2D eigenvalue weighted by Gasteiger charge is 2.19. The summed E-state index contributed by atoms with van der Waals surface area (Å²) in [5.74, 6) is 0.238. The maximum absolute atomic E-state index is 11.4. The van der Waals surface area contributed by atoms with Gasteiger partial charge in [-0.2, -0.15) is 0 Å². The first-order chi connectivity index (χ1) is 17.0. The van der Waals surface area contributed by atoms with Crippen LogP contribution in [0.4, 0.5) is 0 Å². The Morgan fingerprint density at radius 1 is 1.03 bits per heavy atom. The molecule has 0 aliphatic carbocycles. The van der Waals surface area contributed by atoms with Crippen LogP contribution in [-0.4, -0.2) is 26.7 Å². The summed E-state index contributed by atoms with van der Waals surface area (Å²) in [6, 6.07) is 26.4. The smallest absolute Gasteiger partial charge is 0.268 e. The summed E-state index contributed by atoms with van der Waals surface area (Å²) in [7, 11) is 0. The van der Waals surface area contributed by atoms with E-state index >= 15 is 0 Å². The molecule has 2 atom stereocenters. The van der Waals surface area contributed by atoms with Crippen molar-refractivity contribution < 1.29 is 14.6 Å². The maximum atomic E-state index is 11.4. The minimum atomic E-state index is -0.620. The van der Waals surface area contributed by atoms with Crippen molar-refractivity contribution in [3.63, 3.8) is 0 Å². The number of aliphatic hydroxyl groups is 1. The molecule has 1 heterocycles. The van der Waals surface area contributed by atoms with E-state index in [1.807, 2.05) is 42.5 Å². The fourth-order valence-electron chi connectivity index (χ4n) is 3.88. The Labute approximate surface area is 209 Å². The second-order valence-electron chi connectivity index (χ2n) is 8.37. The third-order valence-corrected chi connectivity index (χ3v) is 6.79.